The molecule has 2 amide bonds. The molecule has 0 spiro atoms. The molecule has 0 bridgehead atoms. The summed E-state index contributed by atoms with van der Waals surface area (Å²) in [6, 6.07) is 18.2. The van der Waals surface area contributed by atoms with Gasteiger partial charge in [-0.3, -0.25) is 14.6 Å². The summed E-state index contributed by atoms with van der Waals surface area (Å²) >= 11 is 1.01. The van der Waals surface area contributed by atoms with Gasteiger partial charge < -0.3 is 20.2 Å². The van der Waals surface area contributed by atoms with Gasteiger partial charge in [0.25, 0.3) is 11.1 Å². The Morgan fingerprint density at radius 2 is 1.75 bits per heavy atom. The molecule has 2 aromatic carbocycles. The van der Waals surface area contributed by atoms with Crippen LogP contribution in [0.5, 0.6) is 0 Å². The van der Waals surface area contributed by atoms with E-state index in [2.05, 4.69) is 25.8 Å². The Bertz CT molecular complexity index is 1330. The standard InChI is InChI=1S/C25H21N5O5S/c31-21(28-20(24(33)34)13-16-5-2-1-3-6-16)15-36-25-30-29-23(35-25)17-8-10-19(11-9-17)27-22(32)18-7-4-12-26-14-18/h1-12,14,20H,13,15H2,(H,27,32)(H,28,31)(H,33,34)/t20-/m0/s1. The highest BCUT2D eigenvalue weighted by Crippen LogP contribution is 2.24. The highest BCUT2D eigenvalue weighted by molar-refractivity contribution is 7.99. The molecule has 36 heavy (non-hydrogen) atoms. The van der Waals surface area contributed by atoms with Gasteiger partial charge in [-0.15, -0.1) is 10.2 Å². The highest BCUT2D eigenvalue weighted by Gasteiger charge is 2.21. The first-order chi connectivity index (χ1) is 17.5. The van der Waals surface area contributed by atoms with E-state index < -0.39 is 17.9 Å². The van der Waals surface area contributed by atoms with Gasteiger partial charge in [0.1, 0.15) is 6.04 Å². The second-order valence-corrected chi connectivity index (χ2v) is 8.51. The number of amides is 2. The second kappa shape index (κ2) is 11.8. The third-order valence-electron chi connectivity index (χ3n) is 4.96. The van der Waals surface area contributed by atoms with Crippen LogP contribution in [0.2, 0.25) is 0 Å². The number of anilines is 1. The number of nitrogens with zero attached hydrogens (tertiary/aromatic N) is 3. The van der Waals surface area contributed by atoms with Crippen molar-refractivity contribution < 1.29 is 23.9 Å². The van der Waals surface area contributed by atoms with E-state index >= 15 is 0 Å². The van der Waals surface area contributed by atoms with Crippen LogP contribution in [-0.4, -0.2) is 49.9 Å². The van der Waals surface area contributed by atoms with Crippen molar-refractivity contribution >= 4 is 35.2 Å². The molecule has 0 saturated heterocycles. The van der Waals surface area contributed by atoms with Crippen LogP contribution in [0.1, 0.15) is 15.9 Å². The lowest BCUT2D eigenvalue weighted by Crippen LogP contribution is -2.43. The largest absolute Gasteiger partial charge is 0.480 e. The van der Waals surface area contributed by atoms with Crippen LogP contribution >= 0.6 is 11.8 Å². The molecule has 0 aliphatic carbocycles. The van der Waals surface area contributed by atoms with Gasteiger partial charge in [-0.1, -0.05) is 42.1 Å². The van der Waals surface area contributed by atoms with E-state index in [1.165, 1.54) is 6.20 Å². The Kier molecular flexibility index (Phi) is 8.04. The second-order valence-electron chi connectivity index (χ2n) is 7.58. The van der Waals surface area contributed by atoms with E-state index in [0.29, 0.717) is 16.8 Å². The third-order valence-corrected chi connectivity index (χ3v) is 5.78. The van der Waals surface area contributed by atoms with Gasteiger partial charge in [0.05, 0.1) is 11.3 Å². The summed E-state index contributed by atoms with van der Waals surface area (Å²) in [5.41, 5.74) is 2.47. The van der Waals surface area contributed by atoms with Crippen LogP contribution in [0.3, 0.4) is 0 Å². The number of pyridine rings is 1. The van der Waals surface area contributed by atoms with Crippen molar-refractivity contribution in [3.8, 4) is 11.5 Å². The Balaban J connectivity index is 1.29. The fourth-order valence-electron chi connectivity index (χ4n) is 3.19. The number of benzene rings is 2. The van der Waals surface area contributed by atoms with E-state index in [9.17, 15) is 19.5 Å². The summed E-state index contributed by atoms with van der Waals surface area (Å²) in [4.78, 5) is 40.0. The zero-order valence-electron chi connectivity index (χ0n) is 18.8. The fraction of sp³-hybridized carbons (Fsp3) is 0.120. The number of carboxylic acids is 1. The predicted octanol–water partition coefficient (Wildman–Crippen LogP) is 3.29. The van der Waals surface area contributed by atoms with Gasteiger partial charge in [-0.25, -0.2) is 4.79 Å². The van der Waals surface area contributed by atoms with Crippen LogP contribution in [-0.2, 0) is 16.0 Å². The van der Waals surface area contributed by atoms with Gasteiger partial charge in [0.2, 0.25) is 11.8 Å². The van der Waals surface area contributed by atoms with Crippen molar-refractivity contribution in [1.29, 1.82) is 0 Å². The maximum Gasteiger partial charge on any atom is 0.326 e. The first-order valence-electron chi connectivity index (χ1n) is 10.8. The minimum absolute atomic E-state index is 0.0838. The van der Waals surface area contributed by atoms with Crippen molar-refractivity contribution in [3.63, 3.8) is 0 Å². The van der Waals surface area contributed by atoms with Crippen LogP contribution in [0.4, 0.5) is 5.69 Å². The van der Waals surface area contributed by atoms with Crippen LogP contribution < -0.4 is 10.6 Å². The molecule has 0 aliphatic rings. The number of aromatic nitrogens is 3. The molecule has 182 valence electrons. The lowest BCUT2D eigenvalue weighted by atomic mass is 10.1. The maximum absolute atomic E-state index is 12.3. The Morgan fingerprint density at radius 3 is 2.44 bits per heavy atom. The van der Waals surface area contributed by atoms with Gasteiger partial charge in [-0.05, 0) is 42.0 Å². The number of rotatable bonds is 10. The summed E-state index contributed by atoms with van der Waals surface area (Å²) in [6.45, 7) is 0. The molecule has 3 N–H and O–H groups in total. The summed E-state index contributed by atoms with van der Waals surface area (Å²) in [5.74, 6) is -1.69. The van der Waals surface area contributed by atoms with E-state index in [0.717, 1.165) is 17.3 Å². The number of carbonyl (C=O) groups excluding carboxylic acids is 2. The fourth-order valence-corrected chi connectivity index (χ4v) is 3.77. The van der Waals surface area contributed by atoms with Crippen molar-refractivity contribution in [2.24, 2.45) is 0 Å². The van der Waals surface area contributed by atoms with Crippen molar-refractivity contribution in [1.82, 2.24) is 20.5 Å². The number of hydrogen-bond donors (Lipinski definition) is 3. The zero-order chi connectivity index (χ0) is 25.3. The highest BCUT2D eigenvalue weighted by atomic mass is 32.2. The molecular weight excluding hydrogens is 482 g/mol. The number of carboxylic acid groups (broad SMARTS) is 1. The Morgan fingerprint density at radius 1 is 0.972 bits per heavy atom. The van der Waals surface area contributed by atoms with E-state index in [-0.39, 0.29) is 29.2 Å². The molecule has 11 heteroatoms. The van der Waals surface area contributed by atoms with Gasteiger partial charge >= 0.3 is 5.97 Å². The van der Waals surface area contributed by atoms with E-state index in [4.69, 9.17) is 4.42 Å². The van der Waals surface area contributed by atoms with Crippen molar-refractivity contribution in [2.45, 2.75) is 17.7 Å². The molecule has 4 aromatic rings. The zero-order valence-corrected chi connectivity index (χ0v) is 19.6. The summed E-state index contributed by atoms with van der Waals surface area (Å²) in [6.07, 6.45) is 3.25. The number of aliphatic carboxylic acids is 1. The molecule has 2 heterocycles. The number of carbonyl (C=O) groups is 3. The Hall–Kier alpha value is -4.51. The van der Waals surface area contributed by atoms with Gasteiger partial charge in [-0.2, -0.15) is 0 Å². The maximum atomic E-state index is 12.3. The monoisotopic (exact) mass is 503 g/mol. The molecular formula is C25H21N5O5S. The minimum Gasteiger partial charge on any atom is -0.480 e. The minimum atomic E-state index is -1.11. The summed E-state index contributed by atoms with van der Waals surface area (Å²) < 4.78 is 5.61. The molecule has 4 rings (SSSR count). The van der Waals surface area contributed by atoms with Crippen LogP contribution in [0, 0.1) is 0 Å². The van der Waals surface area contributed by atoms with E-state index in [1.54, 1.807) is 54.7 Å². The topological polar surface area (TPSA) is 147 Å². The van der Waals surface area contributed by atoms with Gasteiger partial charge in [0, 0.05) is 30.1 Å². The molecule has 0 aliphatic heterocycles. The summed E-state index contributed by atoms with van der Waals surface area (Å²) in [5, 5.41) is 22.8. The molecule has 0 unspecified atom stereocenters. The normalized spacial score (nSPS) is 11.4. The molecule has 10 nitrogen and oxygen atoms in total. The number of nitrogens with one attached hydrogen (secondary N) is 2. The predicted molar refractivity (Wildman–Crippen MR) is 132 cm³/mol. The SMILES string of the molecule is O=C(CSc1nnc(-c2ccc(NC(=O)c3cccnc3)cc2)o1)N[C@@H](Cc1ccccc1)C(=O)O. The molecule has 1 atom stereocenters. The lowest BCUT2D eigenvalue weighted by Gasteiger charge is -2.14. The average Bonchev–Trinajstić information content (AvgIpc) is 3.38. The first-order valence-corrected chi connectivity index (χ1v) is 11.8. The number of hydrogen-bond acceptors (Lipinski definition) is 8. The molecule has 0 saturated carbocycles. The van der Waals surface area contributed by atoms with Crippen molar-refractivity contribution in [2.75, 3.05) is 11.1 Å². The lowest BCUT2D eigenvalue weighted by molar-refractivity contribution is -0.141. The quantitative estimate of drug-likeness (QED) is 0.277. The average molecular weight is 504 g/mol. The smallest absolute Gasteiger partial charge is 0.326 e. The van der Waals surface area contributed by atoms with Crippen molar-refractivity contribution in [3.05, 3.63) is 90.3 Å². The molecule has 2 aromatic heterocycles. The van der Waals surface area contributed by atoms with Gasteiger partial charge in [0.15, 0.2) is 0 Å². The summed E-state index contributed by atoms with van der Waals surface area (Å²) in [7, 11) is 0. The van der Waals surface area contributed by atoms with Crippen LogP contribution in [0.25, 0.3) is 11.5 Å². The molecule has 0 radical (unpaired) electrons. The third kappa shape index (κ3) is 6.76. The first kappa shape index (κ1) is 24.6. The Labute approximate surface area is 210 Å². The van der Waals surface area contributed by atoms with E-state index in [1.807, 2.05) is 18.2 Å². The molecule has 0 fully saturated rings. The number of thioether (sulfide) groups is 1. The van der Waals surface area contributed by atoms with Crippen LogP contribution in [0.15, 0.2) is 88.8 Å².